The average molecular weight is 321 g/mol. The molecule has 0 heterocycles. The predicted octanol–water partition coefficient (Wildman–Crippen LogP) is 4.68. The van der Waals surface area contributed by atoms with Crippen LogP contribution >= 0.6 is 0 Å². The van der Waals surface area contributed by atoms with Gasteiger partial charge in [0.2, 0.25) is 0 Å². The Labute approximate surface area is 142 Å². The van der Waals surface area contributed by atoms with Crippen LogP contribution in [0.5, 0.6) is 0 Å². The molecule has 2 heteroatoms. The Kier molecular flexibility index (Phi) is 3.89. The van der Waals surface area contributed by atoms with Crippen LogP contribution < -0.4 is 0 Å². The molecule has 4 saturated carbocycles. The summed E-state index contributed by atoms with van der Waals surface area (Å²) in [7, 11) is 0. The van der Waals surface area contributed by atoms with Gasteiger partial charge in [-0.2, -0.15) is 0 Å². The molecule has 0 unspecified atom stereocenters. The van der Waals surface area contributed by atoms with Gasteiger partial charge in [-0.15, -0.1) is 0 Å². The molecule has 0 radical (unpaired) electrons. The lowest BCUT2D eigenvalue weighted by Gasteiger charge is -2.63. The topological polar surface area (TPSA) is 40.5 Å². The maximum absolute atomic E-state index is 11.9. The van der Waals surface area contributed by atoms with Crippen molar-refractivity contribution in [3.05, 3.63) is 0 Å². The molecule has 0 saturated heterocycles. The summed E-state index contributed by atoms with van der Waals surface area (Å²) >= 11 is 0. The van der Waals surface area contributed by atoms with Crippen LogP contribution in [0.4, 0.5) is 0 Å². The summed E-state index contributed by atoms with van der Waals surface area (Å²) in [6.07, 6.45) is 14.1. The maximum atomic E-state index is 11.9. The Hall–Kier alpha value is -0.0800. The Morgan fingerprint density at radius 2 is 1.78 bits per heavy atom. The molecule has 0 aromatic heterocycles. The first kappa shape index (κ1) is 16.4. The molecular formula is C21H36O2. The van der Waals surface area contributed by atoms with Crippen molar-refractivity contribution in [2.24, 2.45) is 28.6 Å². The lowest BCUT2D eigenvalue weighted by Crippen LogP contribution is -2.61. The Balaban J connectivity index is 1.66. The van der Waals surface area contributed by atoms with Crippen LogP contribution in [0, 0.1) is 28.6 Å². The minimum Gasteiger partial charge on any atom is -0.393 e. The molecule has 7 atom stereocenters. The van der Waals surface area contributed by atoms with Crippen molar-refractivity contribution in [3.63, 3.8) is 0 Å². The van der Waals surface area contributed by atoms with Gasteiger partial charge in [-0.1, -0.05) is 20.3 Å². The summed E-state index contributed by atoms with van der Waals surface area (Å²) in [5.41, 5.74) is 0.231. The molecule has 4 aliphatic rings. The molecule has 0 amide bonds. The molecule has 4 fully saturated rings. The molecule has 0 bridgehead atoms. The largest absolute Gasteiger partial charge is 0.393 e. The molecule has 0 spiro atoms. The molecule has 0 aromatic rings. The predicted molar refractivity (Wildman–Crippen MR) is 93.0 cm³/mol. The van der Waals surface area contributed by atoms with Crippen LogP contribution in [0.1, 0.15) is 90.9 Å². The van der Waals surface area contributed by atoms with Crippen LogP contribution in [-0.4, -0.2) is 21.9 Å². The van der Waals surface area contributed by atoms with E-state index >= 15 is 0 Å². The average Bonchev–Trinajstić information content (AvgIpc) is 2.86. The third-order valence-corrected chi connectivity index (χ3v) is 9.07. The fourth-order valence-electron chi connectivity index (χ4n) is 7.95. The van der Waals surface area contributed by atoms with Crippen LogP contribution in [0.15, 0.2) is 0 Å². The van der Waals surface area contributed by atoms with Crippen molar-refractivity contribution in [2.75, 3.05) is 0 Å². The maximum Gasteiger partial charge on any atom is 0.0734 e. The zero-order chi connectivity index (χ0) is 16.3. The number of aliphatic hydroxyl groups excluding tert-OH is 1. The van der Waals surface area contributed by atoms with E-state index in [1.54, 1.807) is 0 Å². The van der Waals surface area contributed by atoms with Gasteiger partial charge >= 0.3 is 0 Å². The van der Waals surface area contributed by atoms with E-state index in [2.05, 4.69) is 13.8 Å². The number of hydrogen-bond donors (Lipinski definition) is 2. The van der Waals surface area contributed by atoms with Gasteiger partial charge in [-0.05, 0) is 99.2 Å². The zero-order valence-corrected chi connectivity index (χ0v) is 15.2. The van der Waals surface area contributed by atoms with Crippen LogP contribution in [-0.2, 0) is 0 Å². The van der Waals surface area contributed by atoms with Gasteiger partial charge in [0.1, 0.15) is 0 Å². The van der Waals surface area contributed by atoms with Gasteiger partial charge in [0.25, 0.3) is 0 Å². The highest BCUT2D eigenvalue weighted by Gasteiger charge is 2.65. The van der Waals surface area contributed by atoms with Crippen molar-refractivity contribution < 1.29 is 10.2 Å². The third kappa shape index (κ3) is 2.13. The lowest BCUT2D eigenvalue weighted by atomic mass is 9.43. The summed E-state index contributed by atoms with van der Waals surface area (Å²) in [5.74, 6) is 1.92. The van der Waals surface area contributed by atoms with Crippen molar-refractivity contribution in [1.82, 2.24) is 0 Å². The first-order valence-electron chi connectivity index (χ1n) is 10.4. The minimum atomic E-state index is -0.379. The molecule has 4 rings (SSSR count). The van der Waals surface area contributed by atoms with E-state index in [4.69, 9.17) is 0 Å². The van der Waals surface area contributed by atoms with Gasteiger partial charge < -0.3 is 10.2 Å². The molecule has 0 aromatic carbocycles. The molecule has 4 aliphatic carbocycles. The second-order valence-electron chi connectivity index (χ2n) is 9.77. The highest BCUT2D eigenvalue weighted by atomic mass is 16.3. The SMILES string of the molecule is CCC[C@@]12CCC[C@]1(O)[C@@H]1CC[C@@H]3C[C@@H](O)CC[C@]3(C)[C@H]1CC2. The molecular weight excluding hydrogens is 284 g/mol. The molecule has 2 N–H and O–H groups in total. The van der Waals surface area contributed by atoms with Gasteiger partial charge in [0, 0.05) is 0 Å². The Morgan fingerprint density at radius 1 is 0.957 bits per heavy atom. The van der Waals surface area contributed by atoms with E-state index in [0.29, 0.717) is 23.2 Å². The van der Waals surface area contributed by atoms with Gasteiger partial charge in [-0.3, -0.25) is 0 Å². The quantitative estimate of drug-likeness (QED) is 0.776. The van der Waals surface area contributed by atoms with E-state index in [1.165, 1.54) is 57.8 Å². The van der Waals surface area contributed by atoms with Crippen LogP contribution in [0.25, 0.3) is 0 Å². The first-order valence-corrected chi connectivity index (χ1v) is 10.4. The van der Waals surface area contributed by atoms with Crippen molar-refractivity contribution in [3.8, 4) is 0 Å². The van der Waals surface area contributed by atoms with E-state index in [1.807, 2.05) is 0 Å². The monoisotopic (exact) mass is 320 g/mol. The molecule has 132 valence electrons. The fourth-order valence-corrected chi connectivity index (χ4v) is 7.95. The van der Waals surface area contributed by atoms with Crippen molar-refractivity contribution >= 4 is 0 Å². The standard InChI is InChI=1S/C21H36O2/c1-3-9-20-10-4-11-21(20,23)18-6-5-15-14-16(22)7-12-19(15,2)17(18)8-13-20/h15-18,22-23H,3-14H2,1-2H3/t15-,16+,17+,18-,19+,20+,21+/m1/s1. The Bertz CT molecular complexity index is 463. The molecule has 23 heavy (non-hydrogen) atoms. The minimum absolute atomic E-state index is 0.0676. The summed E-state index contributed by atoms with van der Waals surface area (Å²) in [6.45, 7) is 4.80. The van der Waals surface area contributed by atoms with Crippen LogP contribution in [0.3, 0.4) is 0 Å². The lowest BCUT2D eigenvalue weighted by molar-refractivity contribution is -0.209. The Morgan fingerprint density at radius 3 is 2.57 bits per heavy atom. The van der Waals surface area contributed by atoms with E-state index in [9.17, 15) is 10.2 Å². The summed E-state index contributed by atoms with van der Waals surface area (Å²) < 4.78 is 0. The molecule has 0 aliphatic heterocycles. The third-order valence-electron chi connectivity index (χ3n) is 9.07. The van der Waals surface area contributed by atoms with Gasteiger partial charge in [0.15, 0.2) is 0 Å². The fraction of sp³-hybridized carbons (Fsp3) is 1.00. The van der Waals surface area contributed by atoms with Crippen LogP contribution in [0.2, 0.25) is 0 Å². The second kappa shape index (κ2) is 5.46. The molecule has 2 nitrogen and oxygen atoms in total. The number of hydrogen-bond acceptors (Lipinski definition) is 2. The van der Waals surface area contributed by atoms with Gasteiger partial charge in [-0.25, -0.2) is 0 Å². The highest BCUT2D eigenvalue weighted by molar-refractivity contribution is 5.15. The summed E-state index contributed by atoms with van der Waals surface area (Å²) in [5, 5.41) is 22.0. The van der Waals surface area contributed by atoms with Crippen molar-refractivity contribution in [2.45, 2.75) is 103 Å². The van der Waals surface area contributed by atoms with Gasteiger partial charge in [0.05, 0.1) is 11.7 Å². The summed E-state index contributed by atoms with van der Waals surface area (Å²) in [6, 6.07) is 0. The summed E-state index contributed by atoms with van der Waals surface area (Å²) in [4.78, 5) is 0. The zero-order valence-electron chi connectivity index (χ0n) is 15.2. The van der Waals surface area contributed by atoms with Crippen molar-refractivity contribution in [1.29, 1.82) is 0 Å². The number of fused-ring (bicyclic) bond motifs is 5. The van der Waals surface area contributed by atoms with E-state index < -0.39 is 0 Å². The second-order valence-corrected chi connectivity index (χ2v) is 9.77. The van der Waals surface area contributed by atoms with E-state index in [-0.39, 0.29) is 17.1 Å². The first-order chi connectivity index (χ1) is 11.0. The normalized spacial score (nSPS) is 55.8. The number of rotatable bonds is 2. The highest BCUT2D eigenvalue weighted by Crippen LogP contribution is 2.68. The van der Waals surface area contributed by atoms with E-state index in [0.717, 1.165) is 19.3 Å². The number of aliphatic hydroxyl groups is 2. The smallest absolute Gasteiger partial charge is 0.0734 e.